The van der Waals surface area contributed by atoms with Crippen LogP contribution >= 0.6 is 7.60 Å². The van der Waals surface area contributed by atoms with Crippen molar-refractivity contribution in [1.82, 2.24) is 10.6 Å². The SMILES string of the molecule is C[C@H](N)C(=O)N[C@@H](C)C(=O)N[C@@H](CCC[C@H](N)P(=O)(O)O)C(=O)O. The Balaban J connectivity index is 4.53. The van der Waals surface area contributed by atoms with Gasteiger partial charge in [-0.2, -0.15) is 0 Å². The average Bonchev–Trinajstić information content (AvgIpc) is 2.44. The number of nitrogens with one attached hydrogen (secondary N) is 2. The van der Waals surface area contributed by atoms with Gasteiger partial charge in [-0.1, -0.05) is 0 Å². The number of hydrogen-bond donors (Lipinski definition) is 7. The summed E-state index contributed by atoms with van der Waals surface area (Å²) in [6, 6.07) is -3.07. The van der Waals surface area contributed by atoms with Gasteiger partial charge in [0.25, 0.3) is 0 Å². The molecule has 2 amide bonds. The molecule has 24 heavy (non-hydrogen) atoms. The van der Waals surface area contributed by atoms with Gasteiger partial charge in [0.1, 0.15) is 17.9 Å². The fourth-order valence-electron chi connectivity index (χ4n) is 1.66. The van der Waals surface area contributed by atoms with Gasteiger partial charge < -0.3 is 37.0 Å². The number of carbonyl (C=O) groups is 3. The van der Waals surface area contributed by atoms with Crippen molar-refractivity contribution in [3.8, 4) is 0 Å². The van der Waals surface area contributed by atoms with Crippen LogP contribution in [0.3, 0.4) is 0 Å². The van der Waals surface area contributed by atoms with Gasteiger partial charge in [0.05, 0.1) is 6.04 Å². The number of rotatable bonds is 10. The van der Waals surface area contributed by atoms with Gasteiger partial charge in [-0.3, -0.25) is 14.2 Å². The third-order valence-electron chi connectivity index (χ3n) is 3.20. The number of carbonyl (C=O) groups excluding carboxylic acids is 2. The molecule has 0 unspecified atom stereocenters. The van der Waals surface area contributed by atoms with E-state index in [1.54, 1.807) is 0 Å². The summed E-state index contributed by atoms with van der Waals surface area (Å²) in [6.45, 7) is 2.81. The van der Waals surface area contributed by atoms with E-state index >= 15 is 0 Å². The third-order valence-corrected chi connectivity index (χ3v) is 4.33. The molecule has 12 heteroatoms. The van der Waals surface area contributed by atoms with Crippen LogP contribution in [0.2, 0.25) is 0 Å². The molecule has 0 aliphatic carbocycles. The number of amides is 2. The lowest BCUT2D eigenvalue weighted by atomic mass is 10.1. The average molecular weight is 368 g/mol. The van der Waals surface area contributed by atoms with Crippen molar-refractivity contribution in [3.63, 3.8) is 0 Å². The van der Waals surface area contributed by atoms with Crippen LogP contribution in [-0.2, 0) is 18.9 Å². The van der Waals surface area contributed by atoms with Gasteiger partial charge in [0.15, 0.2) is 0 Å². The Morgan fingerprint density at radius 2 is 1.58 bits per heavy atom. The lowest BCUT2D eigenvalue weighted by molar-refractivity contribution is -0.142. The molecule has 0 radical (unpaired) electrons. The highest BCUT2D eigenvalue weighted by atomic mass is 31.2. The third kappa shape index (κ3) is 8.37. The normalized spacial score (nSPS) is 16.6. The topological polar surface area (TPSA) is 205 Å². The lowest BCUT2D eigenvalue weighted by Gasteiger charge is -2.20. The van der Waals surface area contributed by atoms with E-state index < -0.39 is 49.3 Å². The van der Waals surface area contributed by atoms with Crippen LogP contribution in [0.1, 0.15) is 33.1 Å². The zero-order valence-corrected chi connectivity index (χ0v) is 14.4. The summed E-state index contributed by atoms with van der Waals surface area (Å²) in [5.41, 5.74) is 10.6. The van der Waals surface area contributed by atoms with Crippen molar-refractivity contribution in [2.75, 3.05) is 0 Å². The van der Waals surface area contributed by atoms with E-state index in [1.807, 2.05) is 0 Å². The molecule has 0 saturated heterocycles. The van der Waals surface area contributed by atoms with Crippen molar-refractivity contribution in [3.05, 3.63) is 0 Å². The van der Waals surface area contributed by atoms with Gasteiger partial charge in [-0.25, -0.2) is 4.79 Å². The summed E-state index contributed by atoms with van der Waals surface area (Å²) >= 11 is 0. The highest BCUT2D eigenvalue weighted by Crippen LogP contribution is 2.40. The maximum absolute atomic E-state index is 11.9. The Hall–Kier alpha value is -1.52. The van der Waals surface area contributed by atoms with Crippen LogP contribution < -0.4 is 22.1 Å². The van der Waals surface area contributed by atoms with Crippen molar-refractivity contribution < 1.29 is 33.8 Å². The van der Waals surface area contributed by atoms with E-state index in [4.69, 9.17) is 26.4 Å². The summed E-state index contributed by atoms with van der Waals surface area (Å²) in [6.07, 6.45) is -0.0757. The summed E-state index contributed by atoms with van der Waals surface area (Å²) < 4.78 is 10.9. The van der Waals surface area contributed by atoms with Crippen LogP contribution in [0.15, 0.2) is 0 Å². The van der Waals surface area contributed by atoms with Crippen molar-refractivity contribution in [2.24, 2.45) is 11.5 Å². The minimum Gasteiger partial charge on any atom is -0.480 e. The first-order chi connectivity index (χ1) is 10.9. The molecule has 0 aliphatic rings. The standard InChI is InChI=1S/C12H25N4O7P/c1-6(13)10(17)15-7(2)11(18)16-8(12(19)20)4-3-5-9(14)24(21,22)23/h6-9H,3-5,13-14H2,1-2H3,(H,15,17)(H,16,18)(H,19,20)(H2,21,22,23)/t6-,7-,8-,9+/m0/s1. The molecule has 0 saturated carbocycles. The van der Waals surface area contributed by atoms with Crippen LogP contribution in [-0.4, -0.2) is 56.6 Å². The van der Waals surface area contributed by atoms with E-state index in [1.165, 1.54) is 13.8 Å². The maximum Gasteiger partial charge on any atom is 0.342 e. The molecular formula is C12H25N4O7P. The summed E-state index contributed by atoms with van der Waals surface area (Å²) in [5.74, 6) is -3.96. The van der Waals surface area contributed by atoms with Crippen LogP contribution in [0.5, 0.6) is 0 Å². The van der Waals surface area contributed by atoms with E-state index in [2.05, 4.69) is 10.6 Å². The number of aliphatic carboxylic acids is 1. The molecule has 0 aliphatic heterocycles. The van der Waals surface area contributed by atoms with Gasteiger partial charge in [-0.15, -0.1) is 0 Å². The second-order valence-electron chi connectivity index (χ2n) is 5.51. The van der Waals surface area contributed by atoms with Crippen molar-refractivity contribution in [1.29, 1.82) is 0 Å². The van der Waals surface area contributed by atoms with Crippen LogP contribution in [0.4, 0.5) is 0 Å². The van der Waals surface area contributed by atoms with Gasteiger partial charge in [-0.05, 0) is 33.1 Å². The molecule has 11 nitrogen and oxygen atoms in total. The Morgan fingerprint density at radius 3 is 2.00 bits per heavy atom. The largest absolute Gasteiger partial charge is 0.480 e. The molecule has 0 bridgehead atoms. The molecule has 140 valence electrons. The first-order valence-electron chi connectivity index (χ1n) is 7.26. The van der Waals surface area contributed by atoms with E-state index in [0.717, 1.165) is 0 Å². The van der Waals surface area contributed by atoms with Gasteiger partial charge >= 0.3 is 13.6 Å². The molecule has 0 aromatic rings. The molecule has 0 fully saturated rings. The fraction of sp³-hybridized carbons (Fsp3) is 0.750. The molecule has 4 atom stereocenters. The Labute approximate surface area is 139 Å². The summed E-state index contributed by atoms with van der Waals surface area (Å²) in [7, 11) is -4.43. The van der Waals surface area contributed by atoms with Crippen LogP contribution in [0.25, 0.3) is 0 Å². The van der Waals surface area contributed by atoms with Crippen molar-refractivity contribution >= 4 is 25.4 Å². The monoisotopic (exact) mass is 368 g/mol. The zero-order valence-electron chi connectivity index (χ0n) is 13.5. The van der Waals surface area contributed by atoms with Crippen LogP contribution in [0, 0.1) is 0 Å². The molecule has 0 aromatic heterocycles. The molecule has 0 rings (SSSR count). The maximum atomic E-state index is 11.9. The van der Waals surface area contributed by atoms with E-state index in [9.17, 15) is 18.9 Å². The molecule has 0 spiro atoms. The number of carboxylic acid groups (broad SMARTS) is 1. The zero-order chi connectivity index (χ0) is 19.1. The smallest absolute Gasteiger partial charge is 0.342 e. The Bertz CT molecular complexity index is 508. The minimum absolute atomic E-state index is 0.0667. The number of hydrogen-bond acceptors (Lipinski definition) is 6. The first kappa shape index (κ1) is 22.5. The Kier molecular flexibility index (Phi) is 9.08. The summed E-state index contributed by atoms with van der Waals surface area (Å²) in [4.78, 5) is 52.2. The highest BCUT2D eigenvalue weighted by Gasteiger charge is 2.27. The fourth-order valence-corrected chi connectivity index (χ4v) is 2.18. The second-order valence-corrected chi connectivity index (χ2v) is 7.35. The van der Waals surface area contributed by atoms with E-state index in [-0.39, 0.29) is 19.3 Å². The number of carboxylic acids is 1. The lowest BCUT2D eigenvalue weighted by Crippen LogP contribution is -2.52. The highest BCUT2D eigenvalue weighted by molar-refractivity contribution is 7.52. The first-order valence-corrected chi connectivity index (χ1v) is 8.94. The van der Waals surface area contributed by atoms with Gasteiger partial charge in [0, 0.05) is 0 Å². The summed E-state index contributed by atoms with van der Waals surface area (Å²) in [5, 5.41) is 13.7. The minimum atomic E-state index is -4.43. The molecule has 0 aromatic carbocycles. The van der Waals surface area contributed by atoms with E-state index in [0.29, 0.717) is 0 Å². The second kappa shape index (κ2) is 9.70. The predicted octanol–water partition coefficient (Wildman–Crippen LogP) is -1.96. The Morgan fingerprint density at radius 1 is 1.04 bits per heavy atom. The molecule has 0 heterocycles. The van der Waals surface area contributed by atoms with Gasteiger partial charge in [0.2, 0.25) is 11.8 Å². The molecular weight excluding hydrogens is 343 g/mol. The predicted molar refractivity (Wildman–Crippen MR) is 84.7 cm³/mol. The molecule has 9 N–H and O–H groups in total. The number of nitrogens with two attached hydrogens (primary N) is 2. The van der Waals surface area contributed by atoms with Crippen molar-refractivity contribution in [2.45, 2.75) is 57.0 Å². The quantitative estimate of drug-likeness (QED) is 0.213.